The number of H-pyrrole nitrogens is 1. The molecular formula is C32H37N5O2. The molecule has 202 valence electrons. The van der Waals surface area contributed by atoms with Crippen molar-refractivity contribution in [2.75, 3.05) is 19.4 Å². The molecule has 4 aromatic rings. The molecule has 7 nitrogen and oxygen atoms in total. The molecule has 0 fully saturated rings. The van der Waals surface area contributed by atoms with Crippen LogP contribution >= 0.6 is 0 Å². The zero-order valence-corrected chi connectivity index (χ0v) is 23.4. The summed E-state index contributed by atoms with van der Waals surface area (Å²) in [5.41, 5.74) is 7.50. The van der Waals surface area contributed by atoms with Crippen molar-refractivity contribution in [1.29, 1.82) is 0 Å². The second-order valence-corrected chi connectivity index (χ2v) is 11.6. The highest BCUT2D eigenvalue weighted by Crippen LogP contribution is 2.35. The first kappa shape index (κ1) is 26.8. The quantitative estimate of drug-likeness (QED) is 0.281. The molecule has 0 spiro atoms. The number of amides is 1. The van der Waals surface area contributed by atoms with Gasteiger partial charge in [-0.05, 0) is 74.2 Å². The van der Waals surface area contributed by atoms with Gasteiger partial charge < -0.3 is 20.3 Å². The highest BCUT2D eigenvalue weighted by Gasteiger charge is 2.21. The maximum Gasteiger partial charge on any atom is 0.255 e. The van der Waals surface area contributed by atoms with Gasteiger partial charge in [-0.25, -0.2) is 9.97 Å². The van der Waals surface area contributed by atoms with Crippen LogP contribution in [-0.2, 0) is 12.0 Å². The van der Waals surface area contributed by atoms with Gasteiger partial charge in [0.1, 0.15) is 12.0 Å². The third-order valence-corrected chi connectivity index (χ3v) is 7.74. The average molecular weight is 524 g/mol. The lowest BCUT2D eigenvalue weighted by Gasteiger charge is -2.27. The minimum Gasteiger partial charge on any atom is -0.392 e. The number of hydrogen-bond acceptors (Lipinski definition) is 5. The number of carbonyl (C=O) groups excluding carboxylic acids is 1. The maximum absolute atomic E-state index is 13.1. The van der Waals surface area contributed by atoms with Crippen molar-refractivity contribution in [3.8, 4) is 11.3 Å². The lowest BCUT2D eigenvalue weighted by atomic mass is 9.86. The van der Waals surface area contributed by atoms with Gasteiger partial charge in [-0.3, -0.25) is 4.79 Å². The maximum atomic E-state index is 13.1. The van der Waals surface area contributed by atoms with Crippen molar-refractivity contribution < 1.29 is 9.90 Å². The molecule has 2 aromatic carbocycles. The molecular weight excluding hydrogens is 486 g/mol. The number of aromatic nitrogens is 3. The smallest absolute Gasteiger partial charge is 0.255 e. The molecule has 0 radical (unpaired) electrons. The Morgan fingerprint density at radius 2 is 1.90 bits per heavy atom. The molecule has 5 rings (SSSR count). The van der Waals surface area contributed by atoms with E-state index < -0.39 is 0 Å². The molecule has 39 heavy (non-hydrogen) atoms. The van der Waals surface area contributed by atoms with Gasteiger partial charge in [0.05, 0.1) is 12.3 Å². The molecule has 2 aromatic heterocycles. The highest BCUT2D eigenvalue weighted by atomic mass is 16.3. The summed E-state index contributed by atoms with van der Waals surface area (Å²) >= 11 is 0. The summed E-state index contributed by atoms with van der Waals surface area (Å²) in [6, 6.07) is 15.9. The molecule has 1 aliphatic carbocycles. The predicted octanol–water partition coefficient (Wildman–Crippen LogP) is 6.16. The summed E-state index contributed by atoms with van der Waals surface area (Å²) in [7, 11) is 4.26. The molecule has 0 bridgehead atoms. The minimum absolute atomic E-state index is 0.0104. The largest absolute Gasteiger partial charge is 0.392 e. The number of fused-ring (bicyclic) bond motifs is 1. The molecule has 2 heterocycles. The number of nitrogens with zero attached hydrogens (tertiary/aromatic N) is 3. The van der Waals surface area contributed by atoms with Crippen LogP contribution in [0.25, 0.3) is 27.9 Å². The van der Waals surface area contributed by atoms with Gasteiger partial charge in [-0.1, -0.05) is 51.1 Å². The molecule has 1 unspecified atom stereocenters. The van der Waals surface area contributed by atoms with Crippen LogP contribution in [-0.4, -0.2) is 51.0 Å². The Morgan fingerprint density at radius 1 is 1.13 bits per heavy atom. The van der Waals surface area contributed by atoms with Crippen molar-refractivity contribution in [3.05, 3.63) is 83.3 Å². The number of anilines is 1. The predicted molar refractivity (Wildman–Crippen MR) is 158 cm³/mol. The van der Waals surface area contributed by atoms with E-state index in [1.165, 1.54) is 5.57 Å². The van der Waals surface area contributed by atoms with E-state index in [4.69, 9.17) is 0 Å². The summed E-state index contributed by atoms with van der Waals surface area (Å²) in [5, 5.41) is 14.3. The molecule has 1 aliphatic rings. The number of aromatic amines is 1. The Bertz CT molecular complexity index is 1530. The van der Waals surface area contributed by atoms with Crippen molar-refractivity contribution >= 4 is 28.2 Å². The number of nitrogens with one attached hydrogen (secondary N) is 2. The summed E-state index contributed by atoms with van der Waals surface area (Å²) in [6.07, 6.45) is 6.99. The van der Waals surface area contributed by atoms with E-state index in [-0.39, 0.29) is 17.9 Å². The third-order valence-electron chi connectivity index (χ3n) is 7.74. The first-order valence-electron chi connectivity index (χ1n) is 13.5. The van der Waals surface area contributed by atoms with Crippen LogP contribution in [0.1, 0.15) is 67.2 Å². The van der Waals surface area contributed by atoms with Crippen molar-refractivity contribution in [2.45, 2.75) is 58.1 Å². The first-order chi connectivity index (χ1) is 18.7. The van der Waals surface area contributed by atoms with Crippen LogP contribution in [0, 0.1) is 0 Å². The lowest BCUT2D eigenvalue weighted by molar-refractivity contribution is 0.102. The fourth-order valence-corrected chi connectivity index (χ4v) is 5.27. The topological polar surface area (TPSA) is 94.1 Å². The van der Waals surface area contributed by atoms with E-state index in [2.05, 4.69) is 72.2 Å². The van der Waals surface area contributed by atoms with E-state index in [9.17, 15) is 9.90 Å². The number of allylic oxidation sites excluding steroid dienone is 1. The number of hydrogen-bond donors (Lipinski definition) is 3. The lowest BCUT2D eigenvalue weighted by Crippen LogP contribution is -2.28. The normalized spacial score (nSPS) is 16.0. The Hall–Kier alpha value is -3.81. The van der Waals surface area contributed by atoms with Gasteiger partial charge in [0.2, 0.25) is 0 Å². The number of carbonyl (C=O) groups is 1. The average Bonchev–Trinajstić information content (AvgIpc) is 3.37. The SMILES string of the molecule is CN(C)C1CC=C(c2cc3c(-c4cccc(NC(=O)c5ccc(C(C)(C)C)cc5)c4CO)ncnc3[nH]2)CC1. The van der Waals surface area contributed by atoms with Crippen molar-refractivity contribution in [2.24, 2.45) is 0 Å². The zero-order chi connectivity index (χ0) is 27.7. The van der Waals surface area contributed by atoms with Gasteiger partial charge in [0.15, 0.2) is 0 Å². The van der Waals surface area contributed by atoms with Crippen molar-refractivity contribution in [1.82, 2.24) is 19.9 Å². The van der Waals surface area contributed by atoms with E-state index >= 15 is 0 Å². The van der Waals surface area contributed by atoms with Gasteiger partial charge in [-0.2, -0.15) is 0 Å². The Balaban J connectivity index is 1.46. The monoisotopic (exact) mass is 523 g/mol. The van der Waals surface area contributed by atoms with Gasteiger partial charge in [-0.15, -0.1) is 0 Å². The summed E-state index contributed by atoms with van der Waals surface area (Å²) in [6.45, 7) is 6.19. The van der Waals surface area contributed by atoms with E-state index in [0.717, 1.165) is 52.8 Å². The molecule has 3 N–H and O–H groups in total. The second-order valence-electron chi connectivity index (χ2n) is 11.6. The molecule has 0 aliphatic heterocycles. The molecule has 0 saturated carbocycles. The number of aliphatic hydroxyl groups excluding tert-OH is 1. The van der Waals surface area contributed by atoms with Gasteiger partial charge >= 0.3 is 0 Å². The van der Waals surface area contributed by atoms with Crippen LogP contribution in [0.5, 0.6) is 0 Å². The van der Waals surface area contributed by atoms with Gasteiger partial charge in [0.25, 0.3) is 5.91 Å². The number of benzene rings is 2. The fourth-order valence-electron chi connectivity index (χ4n) is 5.27. The van der Waals surface area contributed by atoms with Crippen LogP contribution in [0.3, 0.4) is 0 Å². The highest BCUT2D eigenvalue weighted by molar-refractivity contribution is 6.05. The van der Waals surface area contributed by atoms with Crippen molar-refractivity contribution in [3.63, 3.8) is 0 Å². The molecule has 1 atom stereocenters. The van der Waals surface area contributed by atoms with E-state index in [1.807, 2.05) is 42.5 Å². The first-order valence-corrected chi connectivity index (χ1v) is 13.5. The third kappa shape index (κ3) is 5.51. The summed E-state index contributed by atoms with van der Waals surface area (Å²) in [5.74, 6) is -0.223. The second kappa shape index (κ2) is 10.8. The van der Waals surface area contributed by atoms with Crippen LogP contribution in [0.2, 0.25) is 0 Å². The van der Waals surface area contributed by atoms with Crippen LogP contribution < -0.4 is 5.32 Å². The number of rotatable bonds is 6. The minimum atomic E-state index is -0.241. The zero-order valence-electron chi connectivity index (χ0n) is 23.4. The Labute approximate surface area is 230 Å². The Morgan fingerprint density at radius 3 is 2.54 bits per heavy atom. The van der Waals surface area contributed by atoms with Crippen LogP contribution in [0.15, 0.2) is 60.9 Å². The van der Waals surface area contributed by atoms with Gasteiger partial charge in [0, 0.05) is 39.5 Å². The summed E-state index contributed by atoms with van der Waals surface area (Å²) < 4.78 is 0. The summed E-state index contributed by atoms with van der Waals surface area (Å²) in [4.78, 5) is 28.0. The Kier molecular flexibility index (Phi) is 7.38. The van der Waals surface area contributed by atoms with E-state index in [1.54, 1.807) is 6.33 Å². The standard InChI is InChI=1S/C32H37N5O2/c1-32(2,3)22-13-9-21(10-14-22)31(39)36-27-8-6-7-24(26(27)18-38)29-25-17-28(35-30(25)34-19-33-29)20-11-15-23(16-12-20)37(4)5/h6-11,13-14,17,19,23,38H,12,15-16,18H2,1-5H3,(H,36,39)(H,33,34,35). The molecule has 1 amide bonds. The van der Waals surface area contributed by atoms with Crippen LogP contribution in [0.4, 0.5) is 5.69 Å². The van der Waals surface area contributed by atoms with E-state index in [0.29, 0.717) is 22.9 Å². The molecule has 7 heteroatoms. The molecule has 0 saturated heterocycles. The fraction of sp³-hybridized carbons (Fsp3) is 0.344. The number of aliphatic hydroxyl groups is 1.